The van der Waals surface area contributed by atoms with Gasteiger partial charge in [-0.05, 0) is 18.2 Å². The predicted octanol–water partition coefficient (Wildman–Crippen LogP) is 2.16. The summed E-state index contributed by atoms with van der Waals surface area (Å²) in [5, 5.41) is 9.33. The lowest BCUT2D eigenvalue weighted by atomic mass is 10.1. The number of carbonyl (C=O) groups is 2. The maximum atomic E-state index is 12.5. The molecule has 1 rings (SSSR count). The Morgan fingerprint density at radius 1 is 1.36 bits per heavy atom. The molecule has 1 aromatic carbocycles. The smallest absolute Gasteiger partial charge is 0.308 e. The van der Waals surface area contributed by atoms with E-state index in [9.17, 15) is 9.59 Å². The number of halogens is 1. The van der Waals surface area contributed by atoms with Crippen molar-refractivity contribution in [1.29, 1.82) is 0 Å². The number of methoxy groups -OCH3 is 1. The molecule has 0 aromatic heterocycles. The molecule has 122 valence electrons. The molecule has 1 unspecified atom stereocenters. The van der Waals surface area contributed by atoms with Crippen LogP contribution in [-0.2, 0) is 9.53 Å². The van der Waals surface area contributed by atoms with Crippen LogP contribution in [0.4, 0.5) is 0 Å². The van der Waals surface area contributed by atoms with Crippen LogP contribution in [0.25, 0.3) is 0 Å². The first kappa shape index (κ1) is 18.3. The predicted molar refractivity (Wildman–Crippen MR) is 82.6 cm³/mol. The van der Waals surface area contributed by atoms with Gasteiger partial charge in [-0.2, -0.15) is 0 Å². The SMILES string of the molecule is COCCOc1ccc(Cl)cc1C(=O)N(C)CC(C)C(=O)O. The van der Waals surface area contributed by atoms with E-state index in [4.69, 9.17) is 26.2 Å². The van der Waals surface area contributed by atoms with Crippen molar-refractivity contribution in [3.05, 3.63) is 28.8 Å². The van der Waals surface area contributed by atoms with Crippen LogP contribution in [0.2, 0.25) is 5.02 Å². The summed E-state index contributed by atoms with van der Waals surface area (Å²) < 4.78 is 10.4. The van der Waals surface area contributed by atoms with E-state index < -0.39 is 11.9 Å². The number of hydrogen-bond donors (Lipinski definition) is 1. The summed E-state index contributed by atoms with van der Waals surface area (Å²) >= 11 is 5.94. The number of carbonyl (C=O) groups excluding carboxylic acids is 1. The highest BCUT2D eigenvalue weighted by atomic mass is 35.5. The number of carboxylic acids is 1. The maximum Gasteiger partial charge on any atom is 0.308 e. The first-order valence-corrected chi connectivity index (χ1v) is 7.14. The van der Waals surface area contributed by atoms with Gasteiger partial charge in [-0.1, -0.05) is 18.5 Å². The molecule has 0 saturated carbocycles. The molecule has 0 aliphatic heterocycles. The molecule has 0 aliphatic rings. The second-order valence-corrected chi connectivity index (χ2v) is 5.34. The molecule has 7 heteroatoms. The first-order chi connectivity index (χ1) is 10.4. The molecule has 0 saturated heterocycles. The zero-order chi connectivity index (χ0) is 16.7. The third-order valence-electron chi connectivity index (χ3n) is 3.03. The molecule has 1 aromatic rings. The Bertz CT molecular complexity index is 535. The van der Waals surface area contributed by atoms with Crippen molar-refractivity contribution in [2.75, 3.05) is 33.9 Å². The van der Waals surface area contributed by atoms with E-state index in [0.29, 0.717) is 29.5 Å². The lowest BCUT2D eigenvalue weighted by Gasteiger charge is -2.21. The molecule has 1 amide bonds. The van der Waals surface area contributed by atoms with Gasteiger partial charge in [0.05, 0.1) is 18.1 Å². The third-order valence-corrected chi connectivity index (χ3v) is 3.27. The molecule has 0 radical (unpaired) electrons. The van der Waals surface area contributed by atoms with Crippen LogP contribution >= 0.6 is 11.6 Å². The highest BCUT2D eigenvalue weighted by molar-refractivity contribution is 6.31. The minimum absolute atomic E-state index is 0.0954. The Morgan fingerprint density at radius 2 is 2.05 bits per heavy atom. The average Bonchev–Trinajstić information content (AvgIpc) is 2.47. The molecule has 1 N–H and O–H groups in total. The number of hydrogen-bond acceptors (Lipinski definition) is 4. The van der Waals surface area contributed by atoms with Crippen molar-refractivity contribution in [3.8, 4) is 5.75 Å². The highest BCUT2D eigenvalue weighted by Gasteiger charge is 2.21. The van der Waals surface area contributed by atoms with Gasteiger partial charge >= 0.3 is 5.97 Å². The van der Waals surface area contributed by atoms with Gasteiger partial charge in [0.1, 0.15) is 12.4 Å². The Hall–Kier alpha value is -1.79. The first-order valence-electron chi connectivity index (χ1n) is 6.76. The number of ether oxygens (including phenoxy) is 2. The Balaban J connectivity index is 2.90. The topological polar surface area (TPSA) is 76.1 Å². The van der Waals surface area contributed by atoms with Crippen molar-refractivity contribution in [2.24, 2.45) is 5.92 Å². The van der Waals surface area contributed by atoms with Crippen LogP contribution in [0.15, 0.2) is 18.2 Å². The quantitative estimate of drug-likeness (QED) is 0.740. The molecule has 6 nitrogen and oxygen atoms in total. The molecule has 0 bridgehead atoms. The van der Waals surface area contributed by atoms with Gasteiger partial charge in [-0.3, -0.25) is 9.59 Å². The normalized spacial score (nSPS) is 11.8. The zero-order valence-electron chi connectivity index (χ0n) is 12.8. The van der Waals surface area contributed by atoms with Crippen molar-refractivity contribution in [3.63, 3.8) is 0 Å². The fourth-order valence-electron chi connectivity index (χ4n) is 1.81. The fourth-order valence-corrected chi connectivity index (χ4v) is 1.98. The molecule has 0 spiro atoms. The number of aliphatic carboxylic acids is 1. The minimum Gasteiger partial charge on any atom is -0.490 e. The van der Waals surface area contributed by atoms with E-state index in [0.717, 1.165) is 0 Å². The summed E-state index contributed by atoms with van der Waals surface area (Å²) in [5.41, 5.74) is 0.295. The maximum absolute atomic E-state index is 12.5. The standard InChI is InChI=1S/C15H20ClNO5/c1-10(15(19)20)9-17(2)14(18)12-8-11(16)4-5-13(12)22-7-6-21-3/h4-5,8,10H,6-7,9H2,1-3H3,(H,19,20). The van der Waals surface area contributed by atoms with Gasteiger partial charge in [0, 0.05) is 25.7 Å². The van der Waals surface area contributed by atoms with Crippen LogP contribution in [0.1, 0.15) is 17.3 Å². The number of nitrogens with zero attached hydrogens (tertiary/aromatic N) is 1. The summed E-state index contributed by atoms with van der Waals surface area (Å²) in [5.74, 6) is -1.57. The van der Waals surface area contributed by atoms with Crippen LogP contribution in [0.5, 0.6) is 5.75 Å². The number of carboxylic acid groups (broad SMARTS) is 1. The number of rotatable bonds is 8. The Morgan fingerprint density at radius 3 is 2.64 bits per heavy atom. The third kappa shape index (κ3) is 5.20. The van der Waals surface area contributed by atoms with Gasteiger partial charge in [-0.15, -0.1) is 0 Å². The monoisotopic (exact) mass is 329 g/mol. The van der Waals surface area contributed by atoms with Crippen molar-refractivity contribution in [1.82, 2.24) is 4.90 Å². The van der Waals surface area contributed by atoms with Gasteiger partial charge in [0.2, 0.25) is 0 Å². The summed E-state index contributed by atoms with van der Waals surface area (Å²) in [6, 6.07) is 4.74. The minimum atomic E-state index is -0.956. The van der Waals surface area contributed by atoms with E-state index in [1.54, 1.807) is 33.2 Å². The van der Waals surface area contributed by atoms with Crippen molar-refractivity contribution >= 4 is 23.5 Å². The van der Waals surface area contributed by atoms with Crippen LogP contribution in [0, 0.1) is 5.92 Å². The summed E-state index contributed by atoms with van der Waals surface area (Å²) in [6.07, 6.45) is 0. The van der Waals surface area contributed by atoms with Crippen LogP contribution in [0.3, 0.4) is 0 Å². The molecule has 0 fully saturated rings. The second-order valence-electron chi connectivity index (χ2n) is 4.91. The van der Waals surface area contributed by atoms with Gasteiger partial charge in [0.15, 0.2) is 0 Å². The van der Waals surface area contributed by atoms with Gasteiger partial charge in [-0.25, -0.2) is 0 Å². The average molecular weight is 330 g/mol. The second kappa shape index (κ2) is 8.60. The Labute approximate surface area is 134 Å². The largest absolute Gasteiger partial charge is 0.490 e. The molecular formula is C15H20ClNO5. The van der Waals surface area contributed by atoms with E-state index in [1.807, 2.05) is 0 Å². The summed E-state index contributed by atoms with van der Waals surface area (Å²) in [6.45, 7) is 2.33. The number of benzene rings is 1. The van der Waals surface area contributed by atoms with Crippen LogP contribution < -0.4 is 4.74 Å². The number of amides is 1. The van der Waals surface area contributed by atoms with E-state index >= 15 is 0 Å². The van der Waals surface area contributed by atoms with E-state index in [1.165, 1.54) is 11.0 Å². The summed E-state index contributed by atoms with van der Waals surface area (Å²) in [4.78, 5) is 24.7. The van der Waals surface area contributed by atoms with Crippen molar-refractivity contribution in [2.45, 2.75) is 6.92 Å². The van der Waals surface area contributed by atoms with Gasteiger partial charge in [0.25, 0.3) is 5.91 Å². The molecule has 0 heterocycles. The lowest BCUT2D eigenvalue weighted by Crippen LogP contribution is -2.34. The van der Waals surface area contributed by atoms with E-state index in [2.05, 4.69) is 0 Å². The van der Waals surface area contributed by atoms with Crippen molar-refractivity contribution < 1.29 is 24.2 Å². The molecule has 1 atom stereocenters. The summed E-state index contributed by atoms with van der Waals surface area (Å²) in [7, 11) is 3.10. The van der Waals surface area contributed by atoms with Gasteiger partial charge < -0.3 is 19.5 Å². The van der Waals surface area contributed by atoms with E-state index in [-0.39, 0.29) is 12.5 Å². The zero-order valence-corrected chi connectivity index (χ0v) is 13.6. The molecular weight excluding hydrogens is 310 g/mol. The Kier molecular flexibility index (Phi) is 7.14. The fraction of sp³-hybridized carbons (Fsp3) is 0.467. The molecule has 0 aliphatic carbocycles. The lowest BCUT2D eigenvalue weighted by molar-refractivity contribution is -0.141. The van der Waals surface area contributed by atoms with Crippen LogP contribution in [-0.4, -0.2) is 55.8 Å². The molecule has 22 heavy (non-hydrogen) atoms. The highest BCUT2D eigenvalue weighted by Crippen LogP contribution is 2.24.